The number of carbonyl (C=O) groups excluding carboxylic acids is 1. The first-order chi connectivity index (χ1) is 11.0. The van der Waals surface area contributed by atoms with Crippen molar-refractivity contribution in [3.63, 3.8) is 0 Å². The first-order valence-electron chi connectivity index (χ1n) is 8.10. The summed E-state index contributed by atoms with van der Waals surface area (Å²) in [6.45, 7) is 6.66. The van der Waals surface area contributed by atoms with Gasteiger partial charge in [-0.3, -0.25) is 4.79 Å². The first-order valence-corrected chi connectivity index (χ1v) is 8.10. The summed E-state index contributed by atoms with van der Waals surface area (Å²) in [6, 6.07) is 10.6. The predicted octanol–water partition coefficient (Wildman–Crippen LogP) is 4.81. The number of unbranched alkanes of at least 4 members (excludes halogenated alkanes) is 2. The van der Waals surface area contributed by atoms with Gasteiger partial charge in [-0.25, -0.2) is 0 Å². The van der Waals surface area contributed by atoms with Crippen LogP contribution >= 0.6 is 0 Å². The molecule has 0 aliphatic carbocycles. The number of ether oxygens (including phenoxy) is 1. The van der Waals surface area contributed by atoms with E-state index in [2.05, 4.69) is 6.92 Å². The van der Waals surface area contributed by atoms with Crippen molar-refractivity contribution in [2.75, 3.05) is 6.61 Å². The number of rotatable bonds is 7. The van der Waals surface area contributed by atoms with Crippen molar-refractivity contribution in [2.45, 2.75) is 40.0 Å². The second-order valence-corrected chi connectivity index (χ2v) is 5.88. The van der Waals surface area contributed by atoms with Crippen LogP contribution in [0.15, 0.2) is 36.4 Å². The van der Waals surface area contributed by atoms with Gasteiger partial charge in [-0.1, -0.05) is 43.5 Å². The van der Waals surface area contributed by atoms with Crippen LogP contribution in [-0.4, -0.2) is 17.5 Å². The van der Waals surface area contributed by atoms with Crippen molar-refractivity contribution in [3.8, 4) is 11.5 Å². The zero-order valence-corrected chi connectivity index (χ0v) is 14.1. The van der Waals surface area contributed by atoms with Crippen molar-refractivity contribution in [1.29, 1.82) is 0 Å². The molecule has 0 bridgehead atoms. The van der Waals surface area contributed by atoms with E-state index in [1.165, 1.54) is 6.07 Å². The van der Waals surface area contributed by atoms with Gasteiger partial charge in [0.15, 0.2) is 5.78 Å². The topological polar surface area (TPSA) is 46.5 Å². The molecule has 3 nitrogen and oxygen atoms in total. The SMILES string of the molecule is CCCCCOc1ccc(C(=O)c2ccc(C)cc2C)c(O)c1. The molecule has 122 valence electrons. The molecule has 0 spiro atoms. The Hall–Kier alpha value is -2.29. The van der Waals surface area contributed by atoms with E-state index >= 15 is 0 Å². The highest BCUT2D eigenvalue weighted by molar-refractivity contribution is 6.11. The lowest BCUT2D eigenvalue weighted by Gasteiger charge is -2.10. The maximum Gasteiger partial charge on any atom is 0.197 e. The average molecular weight is 312 g/mol. The van der Waals surface area contributed by atoms with Crippen LogP contribution in [0, 0.1) is 13.8 Å². The Morgan fingerprint density at radius 1 is 1.04 bits per heavy atom. The van der Waals surface area contributed by atoms with Crippen LogP contribution in [0.2, 0.25) is 0 Å². The predicted molar refractivity (Wildman–Crippen MR) is 92.5 cm³/mol. The minimum Gasteiger partial charge on any atom is -0.507 e. The Balaban J connectivity index is 2.15. The lowest BCUT2D eigenvalue weighted by atomic mass is 9.97. The molecule has 23 heavy (non-hydrogen) atoms. The number of hydrogen-bond donors (Lipinski definition) is 1. The Bertz CT molecular complexity index is 689. The quantitative estimate of drug-likeness (QED) is 0.589. The Morgan fingerprint density at radius 2 is 1.78 bits per heavy atom. The van der Waals surface area contributed by atoms with Crippen molar-refractivity contribution in [2.24, 2.45) is 0 Å². The summed E-state index contributed by atoms with van der Waals surface area (Å²) >= 11 is 0. The molecule has 2 aromatic rings. The molecule has 0 aliphatic heterocycles. The summed E-state index contributed by atoms with van der Waals surface area (Å²) in [5, 5.41) is 10.2. The fraction of sp³-hybridized carbons (Fsp3) is 0.350. The number of phenolic OH excluding ortho intramolecular Hbond substituents is 1. The summed E-state index contributed by atoms with van der Waals surface area (Å²) in [4.78, 5) is 12.6. The molecule has 0 fully saturated rings. The summed E-state index contributed by atoms with van der Waals surface area (Å²) in [7, 11) is 0. The van der Waals surface area contributed by atoms with E-state index in [4.69, 9.17) is 4.74 Å². The van der Waals surface area contributed by atoms with Gasteiger partial charge in [-0.05, 0) is 38.0 Å². The van der Waals surface area contributed by atoms with Gasteiger partial charge < -0.3 is 9.84 Å². The highest BCUT2D eigenvalue weighted by Crippen LogP contribution is 2.27. The van der Waals surface area contributed by atoms with Crippen LogP contribution in [0.5, 0.6) is 11.5 Å². The van der Waals surface area contributed by atoms with Gasteiger partial charge in [0.25, 0.3) is 0 Å². The van der Waals surface area contributed by atoms with Crippen LogP contribution < -0.4 is 4.74 Å². The number of aryl methyl sites for hydroxylation is 2. The minimum absolute atomic E-state index is 0.0389. The molecular weight excluding hydrogens is 288 g/mol. The van der Waals surface area contributed by atoms with Crippen LogP contribution in [0.25, 0.3) is 0 Å². The molecule has 2 aromatic carbocycles. The molecular formula is C20H24O3. The number of hydrogen-bond acceptors (Lipinski definition) is 3. The fourth-order valence-corrected chi connectivity index (χ4v) is 2.55. The lowest BCUT2D eigenvalue weighted by Crippen LogP contribution is -2.05. The summed E-state index contributed by atoms with van der Waals surface area (Å²) in [5.74, 6) is 0.385. The molecule has 0 saturated carbocycles. The van der Waals surface area contributed by atoms with Crippen molar-refractivity contribution < 1.29 is 14.6 Å². The third-order valence-electron chi connectivity index (χ3n) is 3.86. The van der Waals surface area contributed by atoms with Crippen molar-refractivity contribution >= 4 is 5.78 Å². The molecule has 0 unspecified atom stereocenters. The average Bonchev–Trinajstić information content (AvgIpc) is 2.51. The number of ketones is 1. The van der Waals surface area contributed by atoms with E-state index in [0.717, 1.165) is 30.4 Å². The molecule has 3 heteroatoms. The monoisotopic (exact) mass is 312 g/mol. The summed E-state index contributed by atoms with van der Waals surface area (Å²) in [5.41, 5.74) is 2.94. The summed E-state index contributed by atoms with van der Waals surface area (Å²) in [6.07, 6.45) is 3.24. The molecule has 1 N–H and O–H groups in total. The van der Waals surface area contributed by atoms with Crippen LogP contribution in [0.4, 0.5) is 0 Å². The summed E-state index contributed by atoms with van der Waals surface area (Å²) < 4.78 is 5.60. The highest BCUT2D eigenvalue weighted by Gasteiger charge is 2.16. The third kappa shape index (κ3) is 4.35. The van der Waals surface area contributed by atoms with Gasteiger partial charge in [-0.2, -0.15) is 0 Å². The maximum absolute atomic E-state index is 12.6. The van der Waals surface area contributed by atoms with Crippen LogP contribution in [0.1, 0.15) is 53.2 Å². The first kappa shape index (κ1) is 17.1. The molecule has 0 aromatic heterocycles. The second kappa shape index (κ2) is 7.82. The van der Waals surface area contributed by atoms with E-state index in [9.17, 15) is 9.90 Å². The van der Waals surface area contributed by atoms with Crippen molar-refractivity contribution in [1.82, 2.24) is 0 Å². The largest absolute Gasteiger partial charge is 0.507 e. The van der Waals surface area contributed by atoms with Gasteiger partial charge >= 0.3 is 0 Å². The molecule has 0 saturated heterocycles. The maximum atomic E-state index is 12.6. The van der Waals surface area contributed by atoms with E-state index in [-0.39, 0.29) is 11.5 Å². The minimum atomic E-state index is -0.169. The van der Waals surface area contributed by atoms with E-state index in [1.54, 1.807) is 12.1 Å². The number of aromatic hydroxyl groups is 1. The van der Waals surface area contributed by atoms with Gasteiger partial charge in [0.05, 0.1) is 12.2 Å². The molecule has 0 amide bonds. The number of carbonyl (C=O) groups is 1. The second-order valence-electron chi connectivity index (χ2n) is 5.88. The molecule has 0 radical (unpaired) electrons. The third-order valence-corrected chi connectivity index (χ3v) is 3.86. The van der Waals surface area contributed by atoms with Crippen LogP contribution in [-0.2, 0) is 0 Å². The van der Waals surface area contributed by atoms with Gasteiger partial charge in [0, 0.05) is 11.6 Å². The Labute approximate surface area is 137 Å². The standard InChI is InChI=1S/C20H24O3/c1-4-5-6-11-23-16-8-10-18(19(21)13-16)20(22)17-9-7-14(2)12-15(17)3/h7-10,12-13,21H,4-6,11H2,1-3H3. The number of benzene rings is 2. The lowest BCUT2D eigenvalue weighted by molar-refractivity contribution is 0.103. The molecule has 2 rings (SSSR count). The van der Waals surface area contributed by atoms with E-state index in [1.807, 2.05) is 32.0 Å². The Kier molecular flexibility index (Phi) is 5.80. The molecule has 0 heterocycles. The zero-order chi connectivity index (χ0) is 16.8. The smallest absolute Gasteiger partial charge is 0.197 e. The van der Waals surface area contributed by atoms with Crippen molar-refractivity contribution in [3.05, 3.63) is 58.7 Å². The van der Waals surface area contributed by atoms with E-state index < -0.39 is 0 Å². The van der Waals surface area contributed by atoms with Crippen LogP contribution in [0.3, 0.4) is 0 Å². The van der Waals surface area contributed by atoms with Gasteiger partial charge in [0.1, 0.15) is 11.5 Å². The Morgan fingerprint density at radius 3 is 2.43 bits per heavy atom. The van der Waals surface area contributed by atoms with E-state index in [0.29, 0.717) is 23.5 Å². The fourth-order valence-electron chi connectivity index (χ4n) is 2.55. The van der Waals surface area contributed by atoms with Gasteiger partial charge in [0.2, 0.25) is 0 Å². The molecule has 0 aliphatic rings. The highest BCUT2D eigenvalue weighted by atomic mass is 16.5. The molecule has 0 atom stereocenters. The normalized spacial score (nSPS) is 10.6. The number of phenols is 1. The zero-order valence-electron chi connectivity index (χ0n) is 14.1. The van der Waals surface area contributed by atoms with Gasteiger partial charge in [-0.15, -0.1) is 0 Å².